The van der Waals surface area contributed by atoms with Crippen LogP contribution in [0.25, 0.3) is 0 Å². The Morgan fingerprint density at radius 1 is 1.15 bits per heavy atom. The molecule has 1 N–H and O–H groups in total. The Morgan fingerprint density at radius 2 is 1.85 bits per heavy atom. The number of anilines is 1. The molecule has 0 unspecified atom stereocenters. The van der Waals surface area contributed by atoms with Crippen molar-refractivity contribution in [2.45, 2.75) is 30.0 Å². The van der Waals surface area contributed by atoms with Crippen LogP contribution >= 0.6 is 23.1 Å². The molecular formula is C19H18FN3O2S2. The van der Waals surface area contributed by atoms with Crippen molar-refractivity contribution in [1.29, 1.82) is 0 Å². The van der Waals surface area contributed by atoms with Crippen LogP contribution in [0, 0.1) is 5.82 Å². The third-order valence-corrected chi connectivity index (χ3v) is 5.43. The summed E-state index contributed by atoms with van der Waals surface area (Å²) >= 11 is 2.79. The van der Waals surface area contributed by atoms with E-state index in [-0.39, 0.29) is 17.8 Å². The van der Waals surface area contributed by atoms with E-state index in [9.17, 15) is 9.18 Å². The van der Waals surface area contributed by atoms with E-state index in [4.69, 9.17) is 4.74 Å². The first kappa shape index (κ1) is 19.3. The highest BCUT2D eigenvalue weighted by atomic mass is 32.2. The first-order chi connectivity index (χ1) is 13.0. The number of nitrogens with one attached hydrogen (secondary N) is 1. The number of ether oxygens (including phenoxy) is 1. The fourth-order valence-corrected chi connectivity index (χ4v) is 3.87. The minimum atomic E-state index is -0.256. The van der Waals surface area contributed by atoms with Crippen molar-refractivity contribution in [1.82, 2.24) is 10.2 Å². The maximum atomic E-state index is 12.9. The number of halogens is 1. The van der Waals surface area contributed by atoms with Gasteiger partial charge in [0.1, 0.15) is 11.6 Å². The molecule has 1 heterocycles. The SMILES string of the molecule is CC(C)Oc1ccc(C(=O)Nc2nnc(SCc3ccc(F)cc3)s2)cc1. The molecule has 0 saturated carbocycles. The Balaban J connectivity index is 1.55. The molecular weight excluding hydrogens is 385 g/mol. The molecule has 2 aromatic carbocycles. The van der Waals surface area contributed by atoms with Gasteiger partial charge in [0.15, 0.2) is 4.34 Å². The van der Waals surface area contributed by atoms with Crippen LogP contribution in [0.3, 0.4) is 0 Å². The van der Waals surface area contributed by atoms with E-state index in [0.29, 0.717) is 16.4 Å². The van der Waals surface area contributed by atoms with Gasteiger partial charge in [-0.3, -0.25) is 10.1 Å². The minimum Gasteiger partial charge on any atom is -0.491 e. The van der Waals surface area contributed by atoms with Crippen molar-refractivity contribution in [3.8, 4) is 5.75 Å². The van der Waals surface area contributed by atoms with Gasteiger partial charge < -0.3 is 4.74 Å². The van der Waals surface area contributed by atoms with Crippen molar-refractivity contribution in [2.75, 3.05) is 5.32 Å². The summed E-state index contributed by atoms with van der Waals surface area (Å²) in [6.07, 6.45) is 0.0805. The Labute approximate surface area is 165 Å². The minimum absolute atomic E-state index is 0.0805. The molecule has 1 amide bonds. The Morgan fingerprint density at radius 3 is 2.52 bits per heavy atom. The zero-order chi connectivity index (χ0) is 19.2. The van der Waals surface area contributed by atoms with Crippen LogP contribution in [0.2, 0.25) is 0 Å². The predicted molar refractivity (Wildman–Crippen MR) is 106 cm³/mol. The van der Waals surface area contributed by atoms with E-state index in [1.807, 2.05) is 13.8 Å². The molecule has 3 rings (SSSR count). The van der Waals surface area contributed by atoms with Crippen LogP contribution < -0.4 is 10.1 Å². The fourth-order valence-electron chi connectivity index (χ4n) is 2.17. The van der Waals surface area contributed by atoms with Gasteiger partial charge in [0.25, 0.3) is 5.91 Å². The van der Waals surface area contributed by atoms with Crippen LogP contribution in [0.4, 0.5) is 9.52 Å². The summed E-state index contributed by atoms with van der Waals surface area (Å²) in [7, 11) is 0. The zero-order valence-electron chi connectivity index (χ0n) is 14.8. The van der Waals surface area contributed by atoms with Gasteiger partial charge in [-0.15, -0.1) is 10.2 Å². The number of hydrogen-bond donors (Lipinski definition) is 1. The number of benzene rings is 2. The van der Waals surface area contributed by atoms with Gasteiger partial charge in [-0.05, 0) is 55.8 Å². The molecule has 1 aromatic heterocycles. The van der Waals surface area contributed by atoms with Crippen molar-refractivity contribution >= 4 is 34.1 Å². The highest BCUT2D eigenvalue weighted by molar-refractivity contribution is 8.00. The van der Waals surface area contributed by atoms with Crippen molar-refractivity contribution in [3.05, 3.63) is 65.5 Å². The predicted octanol–water partition coefficient (Wildman–Crippen LogP) is 5.01. The highest BCUT2D eigenvalue weighted by Crippen LogP contribution is 2.28. The monoisotopic (exact) mass is 403 g/mol. The smallest absolute Gasteiger partial charge is 0.257 e. The van der Waals surface area contributed by atoms with Crippen molar-refractivity contribution in [2.24, 2.45) is 0 Å². The molecule has 8 heteroatoms. The Hall–Kier alpha value is -2.45. The van der Waals surface area contributed by atoms with Crippen LogP contribution in [-0.2, 0) is 5.75 Å². The second-order valence-electron chi connectivity index (χ2n) is 5.93. The summed E-state index contributed by atoms with van der Waals surface area (Å²) in [4.78, 5) is 12.3. The number of thioether (sulfide) groups is 1. The topological polar surface area (TPSA) is 64.1 Å². The quantitative estimate of drug-likeness (QED) is 0.444. The lowest BCUT2D eigenvalue weighted by Crippen LogP contribution is -2.12. The second kappa shape index (κ2) is 8.96. The van der Waals surface area contributed by atoms with E-state index in [2.05, 4.69) is 15.5 Å². The van der Waals surface area contributed by atoms with Gasteiger partial charge in [0.05, 0.1) is 6.10 Å². The molecule has 27 heavy (non-hydrogen) atoms. The summed E-state index contributed by atoms with van der Waals surface area (Å²) in [6, 6.07) is 13.3. The molecule has 0 spiro atoms. The van der Waals surface area contributed by atoms with E-state index < -0.39 is 0 Å². The molecule has 0 fully saturated rings. The normalized spacial score (nSPS) is 10.8. The van der Waals surface area contributed by atoms with Gasteiger partial charge in [-0.25, -0.2) is 4.39 Å². The summed E-state index contributed by atoms with van der Waals surface area (Å²) in [5, 5.41) is 11.2. The highest BCUT2D eigenvalue weighted by Gasteiger charge is 2.11. The number of aromatic nitrogens is 2. The van der Waals surface area contributed by atoms with Gasteiger partial charge in [-0.2, -0.15) is 0 Å². The standard InChI is InChI=1S/C19H18FN3O2S2/c1-12(2)25-16-9-5-14(6-10-16)17(24)21-18-22-23-19(27-18)26-11-13-3-7-15(20)8-4-13/h3-10,12H,11H2,1-2H3,(H,21,22,24). The fraction of sp³-hybridized carbons (Fsp3) is 0.211. The number of carbonyl (C=O) groups excluding carboxylic acids is 1. The molecule has 140 valence electrons. The van der Waals surface area contributed by atoms with Crippen LogP contribution in [-0.4, -0.2) is 22.2 Å². The summed E-state index contributed by atoms with van der Waals surface area (Å²) in [6.45, 7) is 3.89. The average Bonchev–Trinajstić information content (AvgIpc) is 3.08. The van der Waals surface area contributed by atoms with Crippen LogP contribution in [0.1, 0.15) is 29.8 Å². The van der Waals surface area contributed by atoms with Gasteiger partial charge in [0, 0.05) is 11.3 Å². The van der Waals surface area contributed by atoms with Crippen molar-refractivity contribution in [3.63, 3.8) is 0 Å². The third kappa shape index (κ3) is 5.77. The molecule has 0 aliphatic carbocycles. The van der Waals surface area contributed by atoms with Crippen molar-refractivity contribution < 1.29 is 13.9 Å². The lowest BCUT2D eigenvalue weighted by molar-refractivity contribution is 0.102. The lowest BCUT2D eigenvalue weighted by Gasteiger charge is -2.09. The molecule has 0 aliphatic rings. The Kier molecular flexibility index (Phi) is 6.41. The first-order valence-electron chi connectivity index (χ1n) is 8.28. The van der Waals surface area contributed by atoms with Gasteiger partial charge in [-0.1, -0.05) is 35.2 Å². The first-order valence-corrected chi connectivity index (χ1v) is 10.1. The van der Waals surface area contributed by atoms with Gasteiger partial charge >= 0.3 is 0 Å². The van der Waals surface area contributed by atoms with E-state index in [1.54, 1.807) is 36.4 Å². The van der Waals surface area contributed by atoms with E-state index >= 15 is 0 Å². The van der Waals surface area contributed by atoms with E-state index in [0.717, 1.165) is 15.7 Å². The second-order valence-corrected chi connectivity index (χ2v) is 8.13. The molecule has 0 radical (unpaired) electrons. The third-order valence-electron chi connectivity index (χ3n) is 3.39. The van der Waals surface area contributed by atoms with Crippen LogP contribution in [0.5, 0.6) is 5.75 Å². The molecule has 0 saturated heterocycles. The summed E-state index contributed by atoms with van der Waals surface area (Å²) in [5.74, 6) is 0.864. The zero-order valence-corrected chi connectivity index (χ0v) is 16.4. The molecule has 0 atom stereocenters. The number of carbonyl (C=O) groups is 1. The maximum Gasteiger partial charge on any atom is 0.257 e. The maximum absolute atomic E-state index is 12.9. The number of amides is 1. The summed E-state index contributed by atoms with van der Waals surface area (Å²) < 4.78 is 19.2. The van der Waals surface area contributed by atoms with Crippen LogP contribution in [0.15, 0.2) is 52.9 Å². The molecule has 0 aliphatic heterocycles. The molecule has 3 aromatic rings. The lowest BCUT2D eigenvalue weighted by atomic mass is 10.2. The largest absolute Gasteiger partial charge is 0.491 e. The van der Waals surface area contributed by atoms with Gasteiger partial charge in [0.2, 0.25) is 5.13 Å². The molecule has 0 bridgehead atoms. The molecule has 5 nitrogen and oxygen atoms in total. The summed E-state index contributed by atoms with van der Waals surface area (Å²) in [5.41, 5.74) is 1.51. The number of nitrogens with zero attached hydrogens (tertiary/aromatic N) is 2. The Bertz CT molecular complexity index is 896. The van der Waals surface area contributed by atoms with E-state index in [1.165, 1.54) is 35.2 Å². The number of hydrogen-bond acceptors (Lipinski definition) is 6. The average molecular weight is 404 g/mol. The number of rotatable bonds is 7.